The van der Waals surface area contributed by atoms with Crippen molar-refractivity contribution < 1.29 is 9.26 Å². The number of benzene rings is 3. The first-order chi connectivity index (χ1) is 14.2. The first-order valence-corrected chi connectivity index (χ1v) is 9.53. The number of methoxy groups -OCH3 is 1. The Bertz CT molecular complexity index is 1280. The molecule has 5 rings (SSSR count). The Balaban J connectivity index is 1.67. The van der Waals surface area contributed by atoms with Crippen molar-refractivity contribution in [1.29, 1.82) is 0 Å². The predicted molar refractivity (Wildman–Crippen MR) is 116 cm³/mol. The Morgan fingerprint density at radius 1 is 0.862 bits per heavy atom. The van der Waals surface area contributed by atoms with E-state index in [0.29, 0.717) is 0 Å². The molecular formula is C25H20N2O2. The molecule has 2 heterocycles. The lowest BCUT2D eigenvalue weighted by atomic mass is 9.99. The van der Waals surface area contributed by atoms with Crippen LogP contribution in [0.1, 0.15) is 5.56 Å². The standard InChI is InChI=1S/C25H20N2O2/c1-16-7-6-10-20-23(18-8-4-3-5-9-18)25(26-24(16)20)21-15-22(29-27-21)17-11-13-19(28-2)14-12-17/h3-15,26H,1-2H3. The molecular weight excluding hydrogens is 360 g/mol. The number of aromatic amines is 1. The average Bonchev–Trinajstić information content (AvgIpc) is 3.40. The smallest absolute Gasteiger partial charge is 0.167 e. The number of hydrogen-bond acceptors (Lipinski definition) is 3. The summed E-state index contributed by atoms with van der Waals surface area (Å²) in [6.45, 7) is 2.11. The lowest BCUT2D eigenvalue weighted by molar-refractivity contribution is 0.414. The third kappa shape index (κ3) is 2.99. The highest BCUT2D eigenvalue weighted by Gasteiger charge is 2.19. The van der Waals surface area contributed by atoms with E-state index in [-0.39, 0.29) is 0 Å². The minimum Gasteiger partial charge on any atom is -0.497 e. The van der Waals surface area contributed by atoms with Crippen molar-refractivity contribution in [3.05, 3.63) is 84.4 Å². The number of para-hydroxylation sites is 1. The molecule has 3 aromatic carbocycles. The van der Waals surface area contributed by atoms with Crippen LogP contribution in [0.2, 0.25) is 0 Å². The van der Waals surface area contributed by atoms with Crippen LogP contribution in [0.25, 0.3) is 44.7 Å². The Labute approximate surface area is 168 Å². The molecule has 4 heteroatoms. The molecule has 0 unspecified atom stereocenters. The lowest BCUT2D eigenvalue weighted by Gasteiger charge is -2.03. The second-order valence-corrected chi connectivity index (χ2v) is 7.04. The summed E-state index contributed by atoms with van der Waals surface area (Å²) in [5.74, 6) is 1.53. The summed E-state index contributed by atoms with van der Waals surface area (Å²) < 4.78 is 10.9. The monoisotopic (exact) mass is 380 g/mol. The molecule has 0 aliphatic carbocycles. The van der Waals surface area contributed by atoms with Gasteiger partial charge in [0.15, 0.2) is 5.76 Å². The molecule has 29 heavy (non-hydrogen) atoms. The number of hydrogen-bond donors (Lipinski definition) is 1. The van der Waals surface area contributed by atoms with Gasteiger partial charge in [-0.1, -0.05) is 53.7 Å². The first kappa shape index (κ1) is 17.3. The number of aromatic nitrogens is 2. The van der Waals surface area contributed by atoms with E-state index < -0.39 is 0 Å². The van der Waals surface area contributed by atoms with Crippen LogP contribution < -0.4 is 4.74 Å². The number of ether oxygens (including phenoxy) is 1. The van der Waals surface area contributed by atoms with Crippen LogP contribution in [0.15, 0.2) is 83.4 Å². The van der Waals surface area contributed by atoms with E-state index in [1.54, 1.807) is 7.11 Å². The van der Waals surface area contributed by atoms with Gasteiger partial charge in [0.05, 0.1) is 12.8 Å². The number of nitrogens with one attached hydrogen (secondary N) is 1. The Morgan fingerprint density at radius 3 is 2.41 bits per heavy atom. The van der Waals surface area contributed by atoms with Crippen LogP contribution in [0, 0.1) is 6.92 Å². The van der Waals surface area contributed by atoms with Crippen LogP contribution >= 0.6 is 0 Å². The fraction of sp³-hybridized carbons (Fsp3) is 0.0800. The minimum absolute atomic E-state index is 0.719. The van der Waals surface area contributed by atoms with Gasteiger partial charge in [-0.15, -0.1) is 0 Å². The maximum Gasteiger partial charge on any atom is 0.167 e. The fourth-order valence-electron chi connectivity index (χ4n) is 3.75. The van der Waals surface area contributed by atoms with Gasteiger partial charge in [-0.3, -0.25) is 0 Å². The molecule has 0 radical (unpaired) electrons. The number of aryl methyl sites for hydroxylation is 1. The van der Waals surface area contributed by atoms with Crippen LogP contribution in [-0.2, 0) is 0 Å². The molecule has 5 aromatic rings. The lowest BCUT2D eigenvalue weighted by Crippen LogP contribution is -1.82. The van der Waals surface area contributed by atoms with Crippen molar-refractivity contribution in [2.45, 2.75) is 6.92 Å². The Morgan fingerprint density at radius 2 is 1.66 bits per heavy atom. The van der Waals surface area contributed by atoms with Gasteiger partial charge in [0.1, 0.15) is 11.4 Å². The van der Waals surface area contributed by atoms with E-state index in [1.165, 1.54) is 10.9 Å². The predicted octanol–water partition coefficient (Wildman–Crippen LogP) is 6.47. The van der Waals surface area contributed by atoms with Gasteiger partial charge in [-0.25, -0.2) is 0 Å². The van der Waals surface area contributed by atoms with Crippen molar-refractivity contribution in [2.75, 3.05) is 7.11 Å². The summed E-state index contributed by atoms with van der Waals surface area (Å²) in [5.41, 5.74) is 7.31. The van der Waals surface area contributed by atoms with E-state index >= 15 is 0 Å². The Hall–Kier alpha value is -3.79. The zero-order valence-corrected chi connectivity index (χ0v) is 16.3. The summed E-state index contributed by atoms with van der Waals surface area (Å²) in [4.78, 5) is 3.59. The molecule has 142 valence electrons. The maximum absolute atomic E-state index is 5.68. The van der Waals surface area contributed by atoms with Crippen molar-refractivity contribution >= 4 is 10.9 Å². The highest BCUT2D eigenvalue weighted by molar-refractivity contribution is 6.04. The van der Waals surface area contributed by atoms with E-state index in [2.05, 4.69) is 59.5 Å². The first-order valence-electron chi connectivity index (χ1n) is 9.53. The molecule has 4 nitrogen and oxygen atoms in total. The molecule has 0 fully saturated rings. The molecule has 0 bridgehead atoms. The average molecular weight is 380 g/mol. The molecule has 2 aromatic heterocycles. The molecule has 1 N–H and O–H groups in total. The number of fused-ring (bicyclic) bond motifs is 1. The fourth-order valence-corrected chi connectivity index (χ4v) is 3.75. The summed E-state index contributed by atoms with van der Waals surface area (Å²) in [6.07, 6.45) is 0. The van der Waals surface area contributed by atoms with Crippen molar-refractivity contribution in [2.24, 2.45) is 0 Å². The van der Waals surface area contributed by atoms with Gasteiger partial charge >= 0.3 is 0 Å². The van der Waals surface area contributed by atoms with Crippen molar-refractivity contribution in [1.82, 2.24) is 10.1 Å². The summed E-state index contributed by atoms with van der Waals surface area (Å²) in [7, 11) is 1.66. The minimum atomic E-state index is 0.719. The second-order valence-electron chi connectivity index (χ2n) is 7.04. The van der Waals surface area contributed by atoms with Crippen LogP contribution in [0.3, 0.4) is 0 Å². The third-order valence-corrected chi connectivity index (χ3v) is 5.25. The van der Waals surface area contributed by atoms with Gasteiger partial charge < -0.3 is 14.2 Å². The zero-order valence-electron chi connectivity index (χ0n) is 16.3. The highest BCUT2D eigenvalue weighted by atomic mass is 16.5. The van der Waals surface area contributed by atoms with E-state index in [9.17, 15) is 0 Å². The van der Waals surface area contributed by atoms with Crippen LogP contribution in [-0.4, -0.2) is 17.3 Å². The van der Waals surface area contributed by atoms with E-state index in [0.717, 1.165) is 45.1 Å². The zero-order chi connectivity index (χ0) is 19.8. The molecule has 0 aliphatic rings. The number of rotatable bonds is 4. The normalized spacial score (nSPS) is 11.1. The van der Waals surface area contributed by atoms with Gasteiger partial charge in [-0.2, -0.15) is 0 Å². The van der Waals surface area contributed by atoms with E-state index in [4.69, 9.17) is 9.26 Å². The highest BCUT2D eigenvalue weighted by Crippen LogP contribution is 2.39. The second kappa shape index (κ2) is 6.99. The largest absolute Gasteiger partial charge is 0.497 e. The van der Waals surface area contributed by atoms with Crippen LogP contribution in [0.4, 0.5) is 0 Å². The molecule has 0 saturated heterocycles. The van der Waals surface area contributed by atoms with Crippen molar-refractivity contribution in [3.63, 3.8) is 0 Å². The summed E-state index contributed by atoms with van der Waals surface area (Å²) in [6, 6.07) is 26.5. The molecule has 0 saturated carbocycles. The molecule has 0 atom stereocenters. The molecule has 0 amide bonds. The Kier molecular flexibility index (Phi) is 4.17. The van der Waals surface area contributed by atoms with E-state index in [1.807, 2.05) is 36.4 Å². The van der Waals surface area contributed by atoms with Gasteiger partial charge in [0, 0.05) is 28.1 Å². The topological polar surface area (TPSA) is 51.0 Å². The number of nitrogens with zero attached hydrogens (tertiary/aromatic N) is 1. The van der Waals surface area contributed by atoms with Gasteiger partial charge in [0.2, 0.25) is 0 Å². The van der Waals surface area contributed by atoms with Gasteiger partial charge in [-0.05, 0) is 42.3 Å². The summed E-state index contributed by atoms with van der Waals surface area (Å²) >= 11 is 0. The SMILES string of the molecule is COc1ccc(-c2cc(-c3[nH]c4c(C)cccc4c3-c3ccccc3)no2)cc1. The summed E-state index contributed by atoms with van der Waals surface area (Å²) in [5, 5.41) is 5.56. The quantitative estimate of drug-likeness (QED) is 0.388. The molecule has 0 spiro atoms. The third-order valence-electron chi connectivity index (χ3n) is 5.25. The van der Waals surface area contributed by atoms with Gasteiger partial charge in [0.25, 0.3) is 0 Å². The molecule has 0 aliphatic heterocycles. The maximum atomic E-state index is 5.68. The van der Waals surface area contributed by atoms with Crippen LogP contribution in [0.5, 0.6) is 5.75 Å². The van der Waals surface area contributed by atoms with Crippen molar-refractivity contribution in [3.8, 4) is 39.6 Å². The number of H-pyrrole nitrogens is 1.